The van der Waals surface area contributed by atoms with Gasteiger partial charge in [-0.25, -0.2) is 0 Å². The number of nitriles is 1. The fraction of sp³-hybridized carbons (Fsp3) is 0.462. The van der Waals surface area contributed by atoms with Gasteiger partial charge in [0.25, 0.3) is 0 Å². The molecule has 16 heavy (non-hydrogen) atoms. The van der Waals surface area contributed by atoms with Crippen molar-refractivity contribution < 1.29 is 0 Å². The molecule has 1 fully saturated rings. The van der Waals surface area contributed by atoms with Crippen molar-refractivity contribution in [2.24, 2.45) is 5.92 Å². The summed E-state index contributed by atoms with van der Waals surface area (Å²) in [5, 5.41) is 12.9. The highest BCUT2D eigenvalue weighted by Gasteiger charge is 2.16. The smallest absolute Gasteiger partial charge is 0.101 e. The lowest BCUT2D eigenvalue weighted by molar-refractivity contribution is 0.303. The first-order chi connectivity index (χ1) is 7.79. The second-order valence-electron chi connectivity index (χ2n) is 4.31. The van der Waals surface area contributed by atoms with Gasteiger partial charge in [0.2, 0.25) is 0 Å². The van der Waals surface area contributed by atoms with Gasteiger partial charge in [0.15, 0.2) is 0 Å². The molecule has 1 aliphatic carbocycles. The lowest BCUT2D eigenvalue weighted by Crippen LogP contribution is -2.15. The highest BCUT2D eigenvalue weighted by Crippen LogP contribution is 2.29. The van der Waals surface area contributed by atoms with E-state index in [0.717, 1.165) is 18.2 Å². The normalized spacial score (nSPS) is 15.2. The molecule has 0 saturated heterocycles. The molecule has 0 amide bonds. The second kappa shape index (κ2) is 5.23. The van der Waals surface area contributed by atoms with E-state index in [0.29, 0.717) is 10.6 Å². The Morgan fingerprint density at radius 1 is 1.44 bits per heavy atom. The van der Waals surface area contributed by atoms with Crippen molar-refractivity contribution in [1.82, 2.24) is 0 Å². The molecule has 0 aromatic heterocycles. The molecular formula is C13H15ClN2. The quantitative estimate of drug-likeness (QED) is 0.860. The topological polar surface area (TPSA) is 35.8 Å². The lowest BCUT2D eigenvalue weighted by Gasteiger charge is -2.25. The van der Waals surface area contributed by atoms with Crippen LogP contribution in [-0.4, -0.2) is 6.54 Å². The van der Waals surface area contributed by atoms with Gasteiger partial charge in [-0.1, -0.05) is 30.9 Å². The summed E-state index contributed by atoms with van der Waals surface area (Å²) in [5.74, 6) is 0.894. The molecular weight excluding hydrogens is 220 g/mol. The summed E-state index contributed by atoms with van der Waals surface area (Å²) < 4.78 is 0. The summed E-state index contributed by atoms with van der Waals surface area (Å²) in [6.07, 6.45) is 5.32. The molecule has 0 bridgehead atoms. The Balaban J connectivity index is 1.90. The number of nitrogens with zero attached hydrogens (tertiary/aromatic N) is 1. The molecule has 0 radical (unpaired) electrons. The number of anilines is 1. The number of halogens is 1. The Morgan fingerprint density at radius 2 is 2.25 bits per heavy atom. The standard InChI is InChI=1S/C13H15ClN2/c14-12-4-5-13(11(8-12)9-15)16-7-6-10-2-1-3-10/h4-5,8,10,16H,1-3,6-7H2. The van der Waals surface area contributed by atoms with Crippen LogP contribution < -0.4 is 5.32 Å². The van der Waals surface area contributed by atoms with E-state index in [4.69, 9.17) is 16.9 Å². The number of nitrogens with one attached hydrogen (secondary N) is 1. The molecule has 3 heteroatoms. The maximum absolute atomic E-state index is 8.96. The first-order valence-corrected chi connectivity index (χ1v) is 6.11. The van der Waals surface area contributed by atoms with Crippen LogP contribution in [0.1, 0.15) is 31.2 Å². The molecule has 1 aliphatic rings. The SMILES string of the molecule is N#Cc1cc(Cl)ccc1NCCC1CCC1. The van der Waals surface area contributed by atoms with E-state index in [1.807, 2.05) is 12.1 Å². The first-order valence-electron chi connectivity index (χ1n) is 5.73. The molecule has 2 rings (SSSR count). The van der Waals surface area contributed by atoms with Crippen molar-refractivity contribution in [2.75, 3.05) is 11.9 Å². The maximum atomic E-state index is 8.96. The second-order valence-corrected chi connectivity index (χ2v) is 4.75. The van der Waals surface area contributed by atoms with Gasteiger partial charge in [-0.05, 0) is 30.5 Å². The molecule has 1 aromatic rings. The van der Waals surface area contributed by atoms with Crippen molar-refractivity contribution in [3.63, 3.8) is 0 Å². The fourth-order valence-electron chi connectivity index (χ4n) is 1.96. The van der Waals surface area contributed by atoms with Crippen LogP contribution in [0.15, 0.2) is 18.2 Å². The van der Waals surface area contributed by atoms with Crippen LogP contribution in [0.2, 0.25) is 5.02 Å². The molecule has 0 aliphatic heterocycles. The Hall–Kier alpha value is -1.20. The van der Waals surface area contributed by atoms with Crippen molar-refractivity contribution in [1.29, 1.82) is 5.26 Å². The summed E-state index contributed by atoms with van der Waals surface area (Å²) in [6.45, 7) is 0.945. The van der Waals surface area contributed by atoms with Gasteiger partial charge >= 0.3 is 0 Å². The van der Waals surface area contributed by atoms with Crippen LogP contribution in [0.3, 0.4) is 0 Å². The fourth-order valence-corrected chi connectivity index (χ4v) is 2.13. The van der Waals surface area contributed by atoms with Crippen molar-refractivity contribution in [2.45, 2.75) is 25.7 Å². The molecule has 1 saturated carbocycles. The molecule has 0 spiro atoms. The lowest BCUT2D eigenvalue weighted by atomic mass is 9.83. The van der Waals surface area contributed by atoms with Gasteiger partial charge in [-0.2, -0.15) is 5.26 Å². The van der Waals surface area contributed by atoms with E-state index in [-0.39, 0.29) is 0 Å². The summed E-state index contributed by atoms with van der Waals surface area (Å²) in [5.41, 5.74) is 1.52. The number of hydrogen-bond acceptors (Lipinski definition) is 2. The highest BCUT2D eigenvalue weighted by atomic mass is 35.5. The van der Waals surface area contributed by atoms with E-state index < -0.39 is 0 Å². The Kier molecular flexibility index (Phi) is 3.69. The van der Waals surface area contributed by atoms with Gasteiger partial charge in [-0.3, -0.25) is 0 Å². The minimum Gasteiger partial charge on any atom is -0.384 e. The summed E-state index contributed by atoms with van der Waals surface area (Å²) >= 11 is 5.83. The maximum Gasteiger partial charge on any atom is 0.101 e. The Labute approximate surface area is 101 Å². The number of rotatable bonds is 4. The molecule has 1 aromatic carbocycles. The van der Waals surface area contributed by atoms with Crippen LogP contribution in [-0.2, 0) is 0 Å². The van der Waals surface area contributed by atoms with Gasteiger partial charge in [0.05, 0.1) is 11.3 Å². The molecule has 2 nitrogen and oxygen atoms in total. The predicted molar refractivity (Wildman–Crippen MR) is 66.6 cm³/mol. The van der Waals surface area contributed by atoms with Crippen LogP contribution >= 0.6 is 11.6 Å². The minimum absolute atomic E-state index is 0.612. The van der Waals surface area contributed by atoms with Crippen LogP contribution in [0.5, 0.6) is 0 Å². The average Bonchev–Trinajstić information content (AvgIpc) is 2.23. The molecule has 0 heterocycles. The van der Waals surface area contributed by atoms with Gasteiger partial charge in [0.1, 0.15) is 6.07 Å². The third-order valence-electron chi connectivity index (χ3n) is 3.19. The molecule has 1 N–H and O–H groups in total. The zero-order chi connectivity index (χ0) is 11.4. The monoisotopic (exact) mass is 234 g/mol. The van der Waals surface area contributed by atoms with Gasteiger partial charge in [0, 0.05) is 11.6 Å². The van der Waals surface area contributed by atoms with Crippen molar-refractivity contribution >= 4 is 17.3 Å². The van der Waals surface area contributed by atoms with E-state index >= 15 is 0 Å². The third-order valence-corrected chi connectivity index (χ3v) is 3.43. The highest BCUT2D eigenvalue weighted by molar-refractivity contribution is 6.30. The minimum atomic E-state index is 0.612. The average molecular weight is 235 g/mol. The zero-order valence-electron chi connectivity index (χ0n) is 9.17. The van der Waals surface area contributed by atoms with Crippen LogP contribution in [0.4, 0.5) is 5.69 Å². The van der Waals surface area contributed by atoms with Gasteiger partial charge < -0.3 is 5.32 Å². The molecule has 0 atom stereocenters. The summed E-state index contributed by atoms with van der Waals surface area (Å²) in [4.78, 5) is 0. The van der Waals surface area contributed by atoms with Crippen molar-refractivity contribution in [3.8, 4) is 6.07 Å². The zero-order valence-corrected chi connectivity index (χ0v) is 9.93. The number of hydrogen-bond donors (Lipinski definition) is 1. The Morgan fingerprint density at radius 3 is 2.88 bits per heavy atom. The van der Waals surface area contributed by atoms with Crippen LogP contribution in [0.25, 0.3) is 0 Å². The molecule has 0 unspecified atom stereocenters. The predicted octanol–water partition coefficient (Wildman–Crippen LogP) is 3.81. The van der Waals surface area contributed by atoms with E-state index in [9.17, 15) is 0 Å². The first kappa shape index (κ1) is 11.3. The van der Waals surface area contributed by atoms with Crippen LogP contribution in [0, 0.1) is 17.2 Å². The van der Waals surface area contributed by atoms with E-state index in [2.05, 4.69) is 11.4 Å². The Bertz CT molecular complexity index is 405. The third kappa shape index (κ3) is 2.68. The molecule has 84 valence electrons. The van der Waals surface area contributed by atoms with Gasteiger partial charge in [-0.15, -0.1) is 0 Å². The van der Waals surface area contributed by atoms with E-state index in [1.54, 1.807) is 6.07 Å². The van der Waals surface area contributed by atoms with Crippen molar-refractivity contribution in [3.05, 3.63) is 28.8 Å². The van der Waals surface area contributed by atoms with E-state index in [1.165, 1.54) is 25.7 Å². The number of benzene rings is 1. The summed E-state index contributed by atoms with van der Waals surface area (Å²) in [7, 11) is 0. The largest absolute Gasteiger partial charge is 0.384 e. The summed E-state index contributed by atoms with van der Waals surface area (Å²) in [6, 6.07) is 7.55.